The Hall–Kier alpha value is -5.18. The highest BCUT2D eigenvalue weighted by Gasteiger charge is 2.32. The van der Waals surface area contributed by atoms with Gasteiger partial charge in [-0.05, 0) is 58.5 Å². The summed E-state index contributed by atoms with van der Waals surface area (Å²) in [6, 6.07) is 4.94. The van der Waals surface area contributed by atoms with E-state index < -0.39 is 5.91 Å². The molecule has 2 aromatic heterocycles. The molecule has 3 N–H and O–H groups in total. The number of carbonyl (C=O) groups is 4. The zero-order valence-electron chi connectivity index (χ0n) is 28.0. The van der Waals surface area contributed by atoms with Gasteiger partial charge in [0.25, 0.3) is 17.7 Å². The van der Waals surface area contributed by atoms with Crippen molar-refractivity contribution in [1.29, 1.82) is 0 Å². The van der Waals surface area contributed by atoms with E-state index in [9.17, 15) is 19.2 Å². The first-order valence-corrected chi connectivity index (χ1v) is 16.0. The van der Waals surface area contributed by atoms with Gasteiger partial charge in [-0.2, -0.15) is 0 Å². The first kappa shape index (κ1) is 34.2. The Balaban J connectivity index is 1.10. The van der Waals surface area contributed by atoms with Crippen molar-refractivity contribution < 1.29 is 28.7 Å². The van der Waals surface area contributed by atoms with Crippen LogP contribution in [0.15, 0.2) is 35.6 Å². The number of nitrogens with one attached hydrogen (secondary N) is 3. The number of hydrogen-bond donors (Lipinski definition) is 3. The number of methoxy groups -OCH3 is 1. The quantitative estimate of drug-likeness (QED) is 0.222. The third-order valence-corrected chi connectivity index (χ3v) is 8.17. The van der Waals surface area contributed by atoms with E-state index in [0.717, 1.165) is 25.8 Å². The average Bonchev–Trinajstić information content (AvgIpc) is 3.75. The van der Waals surface area contributed by atoms with Gasteiger partial charge in [0.05, 0.1) is 36.7 Å². The van der Waals surface area contributed by atoms with E-state index in [0.29, 0.717) is 53.6 Å². The molecule has 0 aliphatic carbocycles. The van der Waals surface area contributed by atoms with E-state index in [1.807, 2.05) is 30.1 Å². The molecule has 0 bridgehead atoms. The van der Waals surface area contributed by atoms with Crippen molar-refractivity contribution in [2.24, 2.45) is 19.1 Å². The summed E-state index contributed by atoms with van der Waals surface area (Å²) in [5.74, 6) is 0.217. The molecular formula is C33H43N9O6. The van der Waals surface area contributed by atoms with Gasteiger partial charge in [-0.25, -0.2) is 4.98 Å². The van der Waals surface area contributed by atoms with E-state index in [-0.39, 0.29) is 48.4 Å². The monoisotopic (exact) mass is 661 g/mol. The molecule has 1 atom stereocenters. The lowest BCUT2D eigenvalue weighted by molar-refractivity contribution is -0.116. The highest BCUT2D eigenvalue weighted by atomic mass is 16.5. The molecule has 4 heterocycles. The smallest absolute Gasteiger partial charge is 0.287 e. The van der Waals surface area contributed by atoms with E-state index in [4.69, 9.17) is 9.47 Å². The second-order valence-corrected chi connectivity index (χ2v) is 12.2. The first-order chi connectivity index (χ1) is 23.0. The van der Waals surface area contributed by atoms with Crippen LogP contribution in [0.1, 0.15) is 63.6 Å². The van der Waals surface area contributed by atoms with E-state index in [1.54, 1.807) is 53.8 Å². The van der Waals surface area contributed by atoms with Crippen LogP contribution in [-0.4, -0.2) is 107 Å². The third kappa shape index (κ3) is 8.02. The molecule has 2 aliphatic heterocycles. The van der Waals surface area contributed by atoms with Gasteiger partial charge in [-0.15, -0.1) is 0 Å². The minimum absolute atomic E-state index is 0.00516. The summed E-state index contributed by atoms with van der Waals surface area (Å²) < 4.78 is 14.6. The molecule has 5 rings (SSSR count). The average molecular weight is 662 g/mol. The molecule has 2 aliphatic rings. The number of rotatable bonds is 14. The number of imidazole rings is 1. The number of ether oxygens (including phenoxy) is 2. The maximum absolute atomic E-state index is 13.1. The molecule has 1 aromatic carbocycles. The summed E-state index contributed by atoms with van der Waals surface area (Å²) in [5, 5.41) is 8.38. The zero-order chi connectivity index (χ0) is 34.4. The van der Waals surface area contributed by atoms with Crippen LogP contribution in [0.3, 0.4) is 0 Å². The van der Waals surface area contributed by atoms with Crippen molar-refractivity contribution in [3.05, 3.63) is 47.7 Å². The molecule has 1 saturated heterocycles. The second kappa shape index (κ2) is 15.2. The van der Waals surface area contributed by atoms with Crippen molar-refractivity contribution in [2.75, 3.05) is 58.1 Å². The van der Waals surface area contributed by atoms with E-state index in [1.165, 1.54) is 7.11 Å². The van der Waals surface area contributed by atoms with Gasteiger partial charge in [0, 0.05) is 58.3 Å². The molecule has 4 amide bonds. The summed E-state index contributed by atoms with van der Waals surface area (Å²) in [7, 11) is 8.83. The van der Waals surface area contributed by atoms with Crippen LogP contribution in [0.25, 0.3) is 0 Å². The lowest BCUT2D eigenvalue weighted by Crippen LogP contribution is -2.35. The highest BCUT2D eigenvalue weighted by molar-refractivity contribution is 6.05. The van der Waals surface area contributed by atoms with Crippen LogP contribution >= 0.6 is 0 Å². The summed E-state index contributed by atoms with van der Waals surface area (Å²) >= 11 is 0. The predicted molar refractivity (Wildman–Crippen MR) is 181 cm³/mol. The maximum atomic E-state index is 13.1. The van der Waals surface area contributed by atoms with Gasteiger partial charge < -0.3 is 44.4 Å². The Morgan fingerprint density at radius 1 is 1.02 bits per heavy atom. The molecule has 15 nitrogen and oxygen atoms in total. The Bertz CT molecular complexity index is 1710. The normalized spacial score (nSPS) is 15.2. The van der Waals surface area contributed by atoms with Crippen molar-refractivity contribution in [3.8, 4) is 11.5 Å². The Morgan fingerprint density at radius 2 is 1.83 bits per heavy atom. The van der Waals surface area contributed by atoms with Gasteiger partial charge in [-0.1, -0.05) is 0 Å². The minimum atomic E-state index is -0.441. The largest absolute Gasteiger partial charge is 0.493 e. The van der Waals surface area contributed by atoms with Gasteiger partial charge in [0.2, 0.25) is 11.7 Å². The van der Waals surface area contributed by atoms with Crippen molar-refractivity contribution in [2.45, 2.75) is 38.1 Å². The van der Waals surface area contributed by atoms with Crippen molar-refractivity contribution in [1.82, 2.24) is 29.2 Å². The summed E-state index contributed by atoms with van der Waals surface area (Å²) in [5.41, 5.74) is 1.77. The number of fused-ring (bicyclic) bond motifs is 2. The fraction of sp³-hybridized carbons (Fsp3) is 0.455. The lowest BCUT2D eigenvalue weighted by atomic mass is 10.1. The van der Waals surface area contributed by atoms with Crippen molar-refractivity contribution in [3.63, 3.8) is 0 Å². The molecule has 0 unspecified atom stereocenters. The Kier molecular flexibility index (Phi) is 10.8. The minimum Gasteiger partial charge on any atom is -0.493 e. The molecule has 15 heteroatoms. The van der Waals surface area contributed by atoms with Gasteiger partial charge >= 0.3 is 0 Å². The lowest BCUT2D eigenvalue weighted by Gasteiger charge is -2.20. The van der Waals surface area contributed by atoms with Crippen LogP contribution in [0.2, 0.25) is 0 Å². The Labute approximate surface area is 279 Å². The highest BCUT2D eigenvalue weighted by Crippen LogP contribution is 2.38. The number of benzene rings is 1. The molecular weight excluding hydrogens is 618 g/mol. The molecule has 0 spiro atoms. The fourth-order valence-electron chi connectivity index (χ4n) is 5.71. The number of nitrogens with zero attached hydrogens (tertiary/aromatic N) is 6. The SMILES string of the molecule is COc1cc2c(cc1OCCCC(=O)Nc1cc(C(=O)Nc3cn(C)c(C(=O)NCCCN(C)C)n3)n(C)c1)N=C[C@@H]1CCCN1C2=O. The van der Waals surface area contributed by atoms with Gasteiger partial charge in [0.1, 0.15) is 5.69 Å². The molecule has 0 saturated carbocycles. The third-order valence-electron chi connectivity index (χ3n) is 8.17. The number of aromatic nitrogens is 3. The van der Waals surface area contributed by atoms with Crippen LogP contribution in [0, 0.1) is 0 Å². The number of hydrogen-bond acceptors (Lipinski definition) is 9. The van der Waals surface area contributed by atoms with Crippen molar-refractivity contribution >= 4 is 47.0 Å². The maximum Gasteiger partial charge on any atom is 0.287 e. The molecule has 48 heavy (non-hydrogen) atoms. The molecule has 0 radical (unpaired) electrons. The van der Waals surface area contributed by atoms with Crippen LogP contribution in [-0.2, 0) is 18.9 Å². The summed E-state index contributed by atoms with van der Waals surface area (Å²) in [4.78, 5) is 64.0. The molecule has 3 aromatic rings. The fourth-order valence-corrected chi connectivity index (χ4v) is 5.71. The summed E-state index contributed by atoms with van der Waals surface area (Å²) in [6.07, 6.45) is 8.27. The number of anilines is 2. The number of amides is 4. The topological polar surface area (TPSA) is 164 Å². The zero-order valence-corrected chi connectivity index (χ0v) is 28.0. The number of carbonyl (C=O) groups excluding carboxylic acids is 4. The van der Waals surface area contributed by atoms with Gasteiger partial charge in [-0.3, -0.25) is 24.2 Å². The standard InChI is InChI=1S/C33H43N9O6/c1-39(2)12-8-11-34-32(45)30-37-28(20-41(30)4)38-31(44)25-15-21(19-40(25)3)36-29(43)10-7-14-48-27-17-24-23(16-26(27)47-5)33(46)42-13-6-9-22(42)18-35-24/h15-20,22H,6-14H2,1-5H3,(H,34,45)(H,36,43)(H,38,44)/t22-/m0/s1. The summed E-state index contributed by atoms with van der Waals surface area (Å²) in [6.45, 7) is 2.30. The molecule has 256 valence electrons. The van der Waals surface area contributed by atoms with Crippen LogP contribution in [0.5, 0.6) is 11.5 Å². The number of aliphatic imine (C=N–C) groups is 1. The number of aryl methyl sites for hydroxylation is 2. The first-order valence-electron chi connectivity index (χ1n) is 16.0. The predicted octanol–water partition coefficient (Wildman–Crippen LogP) is 2.82. The van der Waals surface area contributed by atoms with Crippen LogP contribution < -0.4 is 25.4 Å². The van der Waals surface area contributed by atoms with E-state index in [2.05, 4.69) is 25.9 Å². The van der Waals surface area contributed by atoms with E-state index >= 15 is 0 Å². The second-order valence-electron chi connectivity index (χ2n) is 12.2. The molecule has 1 fully saturated rings. The Morgan fingerprint density at radius 3 is 2.60 bits per heavy atom. The van der Waals surface area contributed by atoms with Gasteiger partial charge in [0.15, 0.2) is 17.3 Å². The van der Waals surface area contributed by atoms with Crippen LogP contribution in [0.4, 0.5) is 17.2 Å².